The summed E-state index contributed by atoms with van der Waals surface area (Å²) >= 11 is 0. The molecule has 0 unspecified atom stereocenters. The van der Waals surface area contributed by atoms with Gasteiger partial charge in [0, 0.05) is 5.69 Å². The molecule has 17 heavy (non-hydrogen) atoms. The molecule has 0 heterocycles. The number of nitrogen functional groups attached to an aromatic ring is 1. The smallest absolute Gasteiger partial charge is 0.142 e. The van der Waals surface area contributed by atoms with Crippen molar-refractivity contribution in [2.75, 3.05) is 5.73 Å². The van der Waals surface area contributed by atoms with Crippen molar-refractivity contribution in [3.63, 3.8) is 0 Å². The zero-order valence-corrected chi connectivity index (χ0v) is 11.7. The summed E-state index contributed by atoms with van der Waals surface area (Å²) in [6.45, 7) is 0. The van der Waals surface area contributed by atoms with Gasteiger partial charge in [0.25, 0.3) is 0 Å². The molecule has 0 bridgehead atoms. The highest BCUT2D eigenvalue weighted by Crippen LogP contribution is 2.04. The van der Waals surface area contributed by atoms with Crippen molar-refractivity contribution < 1.29 is 0 Å². The number of nitrogens with two attached hydrogens (primary N) is 1. The number of rotatable bonds is 0. The van der Waals surface area contributed by atoms with Crippen LogP contribution in [0.4, 0.5) is 5.69 Å². The maximum Gasteiger partial charge on any atom is 0.142 e. The number of hydrogen-bond acceptors (Lipinski definition) is 1. The van der Waals surface area contributed by atoms with Crippen LogP contribution in [0.5, 0.6) is 0 Å². The predicted molar refractivity (Wildman–Crippen MR) is 97.4 cm³/mol. The Hall–Kier alpha value is -1.11. The first-order chi connectivity index (χ1) is 7.86. The zero-order chi connectivity index (χ0) is 12.9. The van der Waals surface area contributed by atoms with Crippen molar-refractivity contribution >= 4 is 96.3 Å². The molecule has 0 aliphatic heterocycles. The average molecular weight is 214 g/mol. The first-order valence-electron chi connectivity index (χ1n) is 6.12. The van der Waals surface area contributed by atoms with E-state index in [1.807, 2.05) is 0 Å². The van der Waals surface area contributed by atoms with Crippen LogP contribution in [-0.4, -0.2) is 47.1 Å². The third-order valence-corrected chi connectivity index (χ3v) is 4.16. The van der Waals surface area contributed by atoms with Gasteiger partial charge >= 0.3 is 0 Å². The van der Waals surface area contributed by atoms with Crippen molar-refractivity contribution in [1.82, 2.24) is 0 Å². The van der Waals surface area contributed by atoms with Crippen LogP contribution in [0.1, 0.15) is 0 Å². The molecule has 0 saturated carbocycles. The minimum atomic E-state index is 0.947. The largest absolute Gasteiger partial charge is 0.400 e. The summed E-state index contributed by atoms with van der Waals surface area (Å²) in [5, 5.41) is 2.74. The van der Waals surface area contributed by atoms with Crippen LogP contribution in [0, 0.1) is 0 Å². The number of hydrogen-bond donors (Lipinski definition) is 1. The van der Waals surface area contributed by atoms with E-state index in [2.05, 4.69) is 53.1 Å². The Morgan fingerprint density at radius 1 is 0.647 bits per heavy atom. The molecule has 0 atom stereocenters. The molecule has 0 aliphatic carbocycles. The second kappa shape index (κ2) is 3.97. The van der Waals surface area contributed by atoms with E-state index < -0.39 is 0 Å². The molecule has 0 aliphatic rings. The normalized spacial score (nSPS) is 10.8. The van der Waals surface area contributed by atoms with Crippen molar-refractivity contribution in [3.8, 4) is 0 Å². The van der Waals surface area contributed by atoms with Gasteiger partial charge in [0.05, 0.1) is 0 Å². The summed E-state index contributed by atoms with van der Waals surface area (Å²) in [7, 11) is 13.0. The van der Waals surface area contributed by atoms with E-state index in [9.17, 15) is 0 Å². The van der Waals surface area contributed by atoms with Crippen LogP contribution < -0.4 is 38.5 Å². The monoisotopic (exact) mass is 215 g/mol. The Morgan fingerprint density at radius 2 is 1.24 bits per heavy atom. The molecule has 0 amide bonds. The Kier molecular flexibility index (Phi) is 2.89. The molecule has 0 fully saturated rings. The highest BCUT2D eigenvalue weighted by molar-refractivity contribution is 6.66. The maximum atomic E-state index is 6.22. The van der Waals surface area contributed by atoms with Crippen molar-refractivity contribution in [1.29, 1.82) is 0 Å². The van der Waals surface area contributed by atoms with Gasteiger partial charge in [-0.05, 0) is 10.8 Å². The van der Waals surface area contributed by atoms with E-state index in [1.165, 1.54) is 43.5 Å². The molecule has 7 heteroatoms. The summed E-state index contributed by atoms with van der Waals surface area (Å²) in [5.41, 5.74) is 15.0. The third-order valence-electron chi connectivity index (χ3n) is 4.16. The average Bonchev–Trinajstić information content (AvgIpc) is 2.28. The topological polar surface area (TPSA) is 26.0 Å². The molecule has 0 saturated heterocycles. The van der Waals surface area contributed by atoms with Crippen LogP contribution in [0.3, 0.4) is 0 Å². The molecular weight excluding hydrogens is 199 g/mol. The molecule has 2 aromatic carbocycles. The van der Waals surface area contributed by atoms with Crippen LogP contribution in [0.25, 0.3) is 10.8 Å². The molecule has 2 N–H and O–H groups in total. The van der Waals surface area contributed by atoms with Crippen LogP contribution in [0.2, 0.25) is 0 Å². The van der Waals surface area contributed by atoms with Gasteiger partial charge in [0.2, 0.25) is 0 Å². The fraction of sp³-hybridized carbons (Fsp3) is 0. The van der Waals surface area contributed by atoms with Gasteiger partial charge in [-0.25, -0.2) is 0 Å². The second-order valence-corrected chi connectivity index (χ2v) is 5.17. The molecule has 2 rings (SSSR count). The Balaban J connectivity index is 3.17. The highest BCUT2D eigenvalue weighted by atomic mass is 14.6. The van der Waals surface area contributed by atoms with E-state index >= 15 is 0 Å². The second-order valence-electron chi connectivity index (χ2n) is 5.17. The summed E-state index contributed by atoms with van der Waals surface area (Å²) < 4.78 is 0. The van der Waals surface area contributed by atoms with Gasteiger partial charge in [-0.2, -0.15) is 0 Å². The Labute approximate surface area is 108 Å². The summed E-state index contributed by atoms with van der Waals surface area (Å²) in [6.07, 6.45) is 0. The molecule has 0 aromatic heterocycles. The third kappa shape index (κ3) is 1.64. The first kappa shape index (κ1) is 12.3. The van der Waals surface area contributed by atoms with Crippen LogP contribution in [0.15, 0.2) is 6.07 Å². The van der Waals surface area contributed by atoms with E-state index in [-0.39, 0.29) is 0 Å². The van der Waals surface area contributed by atoms with Crippen LogP contribution >= 0.6 is 0 Å². The zero-order valence-electron chi connectivity index (χ0n) is 11.7. The molecule has 0 spiro atoms. The van der Waals surface area contributed by atoms with E-state index in [4.69, 9.17) is 5.73 Å². The molecule has 78 valence electrons. The standard InChI is InChI=1S/C10H15B6N/c11-2-1-3(12)6(13)5-4(2)7(14)9(16)10(17)8(5)15/h1H,11-17H2. The summed E-state index contributed by atoms with van der Waals surface area (Å²) in [4.78, 5) is 0. The van der Waals surface area contributed by atoms with Crippen molar-refractivity contribution in [2.45, 2.75) is 0 Å². The van der Waals surface area contributed by atoms with Gasteiger partial charge < -0.3 is 5.73 Å². The van der Waals surface area contributed by atoms with Gasteiger partial charge in [0.15, 0.2) is 0 Å². The number of benzene rings is 2. The first-order valence-corrected chi connectivity index (χ1v) is 6.12. The van der Waals surface area contributed by atoms with Crippen molar-refractivity contribution in [2.24, 2.45) is 0 Å². The molecule has 0 radical (unpaired) electrons. The lowest BCUT2D eigenvalue weighted by atomic mass is 9.64. The van der Waals surface area contributed by atoms with Crippen molar-refractivity contribution in [3.05, 3.63) is 6.07 Å². The minimum absolute atomic E-state index is 0.947. The van der Waals surface area contributed by atoms with E-state index in [0.717, 1.165) is 5.69 Å². The number of anilines is 1. The molecular formula is C10H15B6N. The fourth-order valence-corrected chi connectivity index (χ4v) is 2.84. The minimum Gasteiger partial charge on any atom is -0.400 e. The summed E-state index contributed by atoms with van der Waals surface area (Å²) in [5.74, 6) is 0. The molecule has 2 aromatic rings. The van der Waals surface area contributed by atoms with E-state index in [0.29, 0.717) is 0 Å². The Bertz CT molecular complexity index is 637. The quantitative estimate of drug-likeness (QED) is 0.342. The SMILES string of the molecule is Bc1cc(B)c2c(B)c(B)c(N)c(B)c2c1B. The highest BCUT2D eigenvalue weighted by Gasteiger charge is 2.13. The fourth-order valence-electron chi connectivity index (χ4n) is 2.84. The predicted octanol–water partition coefficient (Wildman–Crippen LogP) is -8.03. The van der Waals surface area contributed by atoms with Gasteiger partial charge in [-0.3, -0.25) is 0 Å². The van der Waals surface area contributed by atoms with Crippen LogP contribution in [-0.2, 0) is 0 Å². The Morgan fingerprint density at radius 3 is 1.82 bits per heavy atom. The molecule has 1 nitrogen and oxygen atoms in total. The lowest BCUT2D eigenvalue weighted by Gasteiger charge is -2.20. The lowest BCUT2D eigenvalue weighted by Crippen LogP contribution is -2.43. The van der Waals surface area contributed by atoms with Gasteiger partial charge in [-0.15, -0.1) is 0 Å². The maximum absolute atomic E-state index is 6.22. The van der Waals surface area contributed by atoms with Gasteiger partial charge in [0.1, 0.15) is 47.1 Å². The number of fused-ring (bicyclic) bond motifs is 1. The van der Waals surface area contributed by atoms with Gasteiger partial charge in [-0.1, -0.05) is 38.8 Å². The lowest BCUT2D eigenvalue weighted by molar-refractivity contribution is 1.91. The van der Waals surface area contributed by atoms with E-state index in [1.54, 1.807) is 0 Å². The summed E-state index contributed by atoms with van der Waals surface area (Å²) in [6, 6.07) is 2.28.